The van der Waals surface area contributed by atoms with E-state index < -0.39 is 16.0 Å². The number of nitrogens with zero attached hydrogens (tertiary/aromatic N) is 2. The number of aryl methyl sites for hydroxylation is 1. The van der Waals surface area contributed by atoms with Gasteiger partial charge in [-0.1, -0.05) is 24.3 Å². The third kappa shape index (κ3) is 4.83. The molecule has 1 aliphatic rings. The molecule has 1 amide bonds. The molecule has 0 bridgehead atoms. The van der Waals surface area contributed by atoms with E-state index in [-0.39, 0.29) is 30.5 Å². The molecule has 1 aliphatic heterocycles. The Kier molecular flexibility index (Phi) is 6.34. The molecule has 0 aliphatic carbocycles. The number of ether oxygens (including phenoxy) is 1. The number of carbonyl (C=O) groups excluding carboxylic acids is 2. The van der Waals surface area contributed by atoms with Crippen LogP contribution in [0.5, 0.6) is 0 Å². The number of benzene rings is 2. The number of esters is 1. The van der Waals surface area contributed by atoms with Gasteiger partial charge in [0.25, 0.3) is 0 Å². The number of hydrogen-bond acceptors (Lipinski definition) is 5. The Balaban J connectivity index is 1.64. The van der Waals surface area contributed by atoms with E-state index in [1.807, 2.05) is 31.2 Å². The maximum absolute atomic E-state index is 12.8. The highest BCUT2D eigenvalue weighted by atomic mass is 32.2. The van der Waals surface area contributed by atoms with Crippen molar-refractivity contribution in [1.82, 2.24) is 9.21 Å². The van der Waals surface area contributed by atoms with Crippen LogP contribution in [0, 0.1) is 6.92 Å². The fourth-order valence-electron chi connectivity index (χ4n) is 3.15. The van der Waals surface area contributed by atoms with Crippen molar-refractivity contribution >= 4 is 21.9 Å². The highest BCUT2D eigenvalue weighted by Crippen LogP contribution is 2.19. The molecule has 8 heteroatoms. The molecule has 2 aromatic rings. The maximum atomic E-state index is 12.8. The van der Waals surface area contributed by atoms with Crippen molar-refractivity contribution in [3.63, 3.8) is 0 Å². The SMILES string of the molecule is CC(=O)N1CCN(S(=O)(=O)c2ccc(C(=O)OCc3ccccc3C)cc2)CC1. The van der Waals surface area contributed by atoms with Crippen LogP contribution in [0.4, 0.5) is 0 Å². The molecule has 1 fully saturated rings. The van der Waals surface area contributed by atoms with Gasteiger partial charge in [-0.05, 0) is 42.3 Å². The molecule has 1 heterocycles. The zero-order valence-electron chi connectivity index (χ0n) is 16.5. The number of hydrogen-bond donors (Lipinski definition) is 0. The van der Waals surface area contributed by atoms with Gasteiger partial charge in [0.15, 0.2) is 0 Å². The minimum atomic E-state index is -3.67. The van der Waals surface area contributed by atoms with Crippen molar-refractivity contribution in [2.75, 3.05) is 26.2 Å². The second-order valence-corrected chi connectivity index (χ2v) is 8.88. The lowest BCUT2D eigenvalue weighted by molar-refractivity contribution is -0.129. The first kappa shape index (κ1) is 21.0. The van der Waals surface area contributed by atoms with Crippen LogP contribution in [0.3, 0.4) is 0 Å². The first-order chi connectivity index (χ1) is 13.8. The molecule has 154 valence electrons. The number of piperazine rings is 1. The van der Waals surface area contributed by atoms with Gasteiger partial charge in [0.2, 0.25) is 15.9 Å². The first-order valence-electron chi connectivity index (χ1n) is 9.36. The maximum Gasteiger partial charge on any atom is 0.338 e. The lowest BCUT2D eigenvalue weighted by Gasteiger charge is -2.33. The molecule has 0 atom stereocenters. The quantitative estimate of drug-likeness (QED) is 0.698. The lowest BCUT2D eigenvalue weighted by atomic mass is 10.1. The summed E-state index contributed by atoms with van der Waals surface area (Å²) in [5, 5.41) is 0. The van der Waals surface area contributed by atoms with Crippen molar-refractivity contribution in [3.8, 4) is 0 Å². The van der Waals surface area contributed by atoms with E-state index in [1.165, 1.54) is 35.5 Å². The summed E-state index contributed by atoms with van der Waals surface area (Å²) in [5.74, 6) is -0.567. The Hall–Kier alpha value is -2.71. The summed E-state index contributed by atoms with van der Waals surface area (Å²) in [5.41, 5.74) is 2.25. The monoisotopic (exact) mass is 416 g/mol. The highest BCUT2D eigenvalue weighted by Gasteiger charge is 2.29. The van der Waals surface area contributed by atoms with Crippen LogP contribution in [-0.2, 0) is 26.2 Å². The Labute approximate surface area is 170 Å². The van der Waals surface area contributed by atoms with E-state index in [0.29, 0.717) is 18.7 Å². The van der Waals surface area contributed by atoms with E-state index in [1.54, 1.807) is 4.90 Å². The van der Waals surface area contributed by atoms with Gasteiger partial charge in [-0.15, -0.1) is 0 Å². The minimum absolute atomic E-state index is 0.0596. The average molecular weight is 416 g/mol. The van der Waals surface area contributed by atoms with Gasteiger partial charge in [0.05, 0.1) is 10.5 Å². The van der Waals surface area contributed by atoms with Gasteiger partial charge < -0.3 is 9.64 Å². The first-order valence-corrected chi connectivity index (χ1v) is 10.8. The third-order valence-electron chi connectivity index (χ3n) is 5.03. The van der Waals surface area contributed by atoms with E-state index in [9.17, 15) is 18.0 Å². The molecule has 0 saturated carbocycles. The van der Waals surface area contributed by atoms with E-state index in [0.717, 1.165) is 11.1 Å². The van der Waals surface area contributed by atoms with Gasteiger partial charge in [-0.2, -0.15) is 4.31 Å². The second-order valence-electron chi connectivity index (χ2n) is 6.94. The molecule has 0 spiro atoms. The van der Waals surface area contributed by atoms with Crippen molar-refractivity contribution in [3.05, 3.63) is 65.2 Å². The molecule has 0 N–H and O–H groups in total. The molecular weight excluding hydrogens is 392 g/mol. The van der Waals surface area contributed by atoms with E-state index >= 15 is 0 Å². The van der Waals surface area contributed by atoms with Gasteiger partial charge >= 0.3 is 5.97 Å². The number of amides is 1. The molecule has 3 rings (SSSR count). The molecule has 2 aromatic carbocycles. The predicted molar refractivity (Wildman–Crippen MR) is 108 cm³/mol. The normalized spacial score (nSPS) is 15.2. The fourth-order valence-corrected chi connectivity index (χ4v) is 4.58. The molecule has 1 saturated heterocycles. The Morgan fingerprint density at radius 3 is 2.17 bits per heavy atom. The number of carbonyl (C=O) groups is 2. The summed E-state index contributed by atoms with van der Waals surface area (Å²) in [4.78, 5) is 25.4. The summed E-state index contributed by atoms with van der Waals surface area (Å²) >= 11 is 0. The molecule has 29 heavy (non-hydrogen) atoms. The largest absolute Gasteiger partial charge is 0.457 e. The van der Waals surface area contributed by atoms with Gasteiger partial charge in [-0.3, -0.25) is 4.79 Å². The zero-order chi connectivity index (χ0) is 21.0. The van der Waals surface area contributed by atoms with Crippen LogP contribution in [0.1, 0.15) is 28.4 Å². The average Bonchev–Trinajstić information content (AvgIpc) is 2.73. The third-order valence-corrected chi connectivity index (χ3v) is 6.94. The molecule has 7 nitrogen and oxygen atoms in total. The molecular formula is C21H24N2O5S. The highest BCUT2D eigenvalue weighted by molar-refractivity contribution is 7.89. The predicted octanol–water partition coefficient (Wildman–Crippen LogP) is 2.20. The van der Waals surface area contributed by atoms with Crippen LogP contribution >= 0.6 is 0 Å². The van der Waals surface area contributed by atoms with Crippen molar-refractivity contribution < 1.29 is 22.7 Å². The summed E-state index contributed by atoms with van der Waals surface area (Å²) in [6, 6.07) is 13.4. The summed E-state index contributed by atoms with van der Waals surface area (Å²) in [6.45, 7) is 4.83. The van der Waals surface area contributed by atoms with E-state index in [2.05, 4.69) is 0 Å². The minimum Gasteiger partial charge on any atom is -0.457 e. The van der Waals surface area contributed by atoms with Gasteiger partial charge in [0, 0.05) is 33.1 Å². The van der Waals surface area contributed by atoms with Gasteiger partial charge in [-0.25, -0.2) is 13.2 Å². The molecule has 0 radical (unpaired) electrons. The van der Waals surface area contributed by atoms with Crippen LogP contribution in [-0.4, -0.2) is 55.7 Å². The summed E-state index contributed by atoms with van der Waals surface area (Å²) in [7, 11) is -3.67. The zero-order valence-corrected chi connectivity index (χ0v) is 17.3. The van der Waals surface area contributed by atoms with E-state index in [4.69, 9.17) is 4.74 Å². The van der Waals surface area contributed by atoms with Crippen LogP contribution < -0.4 is 0 Å². The van der Waals surface area contributed by atoms with Gasteiger partial charge in [0.1, 0.15) is 6.61 Å². The van der Waals surface area contributed by atoms with Crippen molar-refractivity contribution in [2.24, 2.45) is 0 Å². The van der Waals surface area contributed by atoms with Crippen LogP contribution in [0.15, 0.2) is 53.4 Å². The van der Waals surface area contributed by atoms with Crippen molar-refractivity contribution in [1.29, 1.82) is 0 Å². The van der Waals surface area contributed by atoms with Crippen LogP contribution in [0.2, 0.25) is 0 Å². The molecule has 0 unspecified atom stereocenters. The Morgan fingerprint density at radius 1 is 0.966 bits per heavy atom. The topological polar surface area (TPSA) is 84.0 Å². The standard InChI is InChI=1S/C21H24N2O5S/c1-16-5-3-4-6-19(16)15-28-21(25)18-7-9-20(10-8-18)29(26,27)23-13-11-22(12-14-23)17(2)24/h3-10H,11-15H2,1-2H3. The Morgan fingerprint density at radius 2 is 1.59 bits per heavy atom. The van der Waals surface area contributed by atoms with Crippen molar-refractivity contribution in [2.45, 2.75) is 25.3 Å². The van der Waals surface area contributed by atoms with Crippen LogP contribution in [0.25, 0.3) is 0 Å². The Bertz CT molecular complexity index is 994. The fraction of sp³-hybridized carbons (Fsp3) is 0.333. The summed E-state index contributed by atoms with van der Waals surface area (Å²) in [6.07, 6.45) is 0. The number of sulfonamides is 1. The number of rotatable bonds is 5. The summed E-state index contributed by atoms with van der Waals surface area (Å²) < 4.78 is 32.3. The molecule has 0 aromatic heterocycles. The lowest BCUT2D eigenvalue weighted by Crippen LogP contribution is -2.49. The smallest absolute Gasteiger partial charge is 0.338 e. The second kappa shape index (κ2) is 8.75.